The number of nitrogens with zero attached hydrogens (tertiary/aromatic N) is 2. The van der Waals surface area contributed by atoms with E-state index < -0.39 is 11.9 Å². The Hall–Kier alpha value is -2.70. The quantitative estimate of drug-likeness (QED) is 0.783. The third kappa shape index (κ3) is 3.49. The molecule has 0 unspecified atom stereocenters. The van der Waals surface area contributed by atoms with Crippen LogP contribution in [0.3, 0.4) is 0 Å². The predicted octanol–water partition coefficient (Wildman–Crippen LogP) is 2.34. The molecule has 0 N–H and O–H groups in total. The van der Waals surface area contributed by atoms with Crippen LogP contribution in [0.25, 0.3) is 0 Å². The minimum Gasteiger partial charge on any atom is -0.465 e. The minimum absolute atomic E-state index is 0.119. The summed E-state index contributed by atoms with van der Waals surface area (Å²) in [5, 5.41) is 3.77. The van der Waals surface area contributed by atoms with Crippen LogP contribution in [0.2, 0.25) is 0 Å². The fraction of sp³-hybridized carbons (Fsp3) is 0.333. The molecule has 0 spiro atoms. The summed E-state index contributed by atoms with van der Waals surface area (Å²) >= 11 is 0. The van der Waals surface area contributed by atoms with Crippen molar-refractivity contribution in [1.29, 1.82) is 0 Å². The lowest BCUT2D eigenvalue weighted by molar-refractivity contribution is 0.0418. The number of methoxy groups -OCH3 is 1. The summed E-state index contributed by atoms with van der Waals surface area (Å²) in [5.41, 5.74) is 0.265. The molecule has 0 amide bonds. The van der Waals surface area contributed by atoms with Gasteiger partial charge in [-0.15, -0.1) is 0 Å². The molecule has 2 rings (SSSR count). The number of esters is 2. The molecule has 1 heterocycles. The van der Waals surface area contributed by atoms with Crippen molar-refractivity contribution in [2.45, 2.75) is 26.4 Å². The Morgan fingerprint density at radius 1 is 1.18 bits per heavy atom. The molecule has 0 saturated carbocycles. The molecule has 0 radical (unpaired) electrons. The van der Waals surface area contributed by atoms with Crippen LogP contribution in [0, 0.1) is 0 Å². The zero-order valence-electron chi connectivity index (χ0n) is 12.5. The average Bonchev–Trinajstić information content (AvgIpc) is 3.01. The summed E-state index contributed by atoms with van der Waals surface area (Å²) in [6, 6.07) is 6.25. The highest BCUT2D eigenvalue weighted by molar-refractivity contribution is 6.03. The smallest absolute Gasteiger partial charge is 0.339 e. The maximum absolute atomic E-state index is 12.1. The fourth-order valence-corrected chi connectivity index (χ4v) is 1.72. The van der Waals surface area contributed by atoms with E-state index in [4.69, 9.17) is 9.26 Å². The molecule has 1 aromatic carbocycles. The van der Waals surface area contributed by atoms with Crippen LogP contribution >= 0.6 is 0 Å². The molecule has 0 aliphatic carbocycles. The normalized spacial score (nSPS) is 10.5. The third-order valence-electron chi connectivity index (χ3n) is 2.88. The molecule has 7 nitrogen and oxygen atoms in total. The Bertz CT molecular complexity index is 678. The maximum Gasteiger partial charge on any atom is 0.339 e. The molecule has 116 valence electrons. The largest absolute Gasteiger partial charge is 0.465 e. The first-order valence-electron chi connectivity index (χ1n) is 6.70. The van der Waals surface area contributed by atoms with Gasteiger partial charge in [-0.2, -0.15) is 4.98 Å². The Morgan fingerprint density at radius 3 is 2.36 bits per heavy atom. The summed E-state index contributed by atoms with van der Waals surface area (Å²) in [4.78, 5) is 27.8. The van der Waals surface area contributed by atoms with Crippen LogP contribution < -0.4 is 0 Å². The van der Waals surface area contributed by atoms with Gasteiger partial charge in [0.1, 0.15) is 0 Å². The molecular weight excluding hydrogens is 288 g/mol. The molecule has 22 heavy (non-hydrogen) atoms. The number of carbonyl (C=O) groups excluding carboxylic acids is 2. The van der Waals surface area contributed by atoms with Gasteiger partial charge in [-0.3, -0.25) is 0 Å². The van der Waals surface area contributed by atoms with Gasteiger partial charge in [0, 0.05) is 5.92 Å². The number of hydrogen-bond acceptors (Lipinski definition) is 7. The molecule has 0 bridgehead atoms. The van der Waals surface area contributed by atoms with Gasteiger partial charge in [0.05, 0.1) is 18.2 Å². The van der Waals surface area contributed by atoms with E-state index in [1.165, 1.54) is 19.2 Å². The van der Waals surface area contributed by atoms with Crippen LogP contribution in [-0.4, -0.2) is 29.2 Å². The standard InChI is InChI=1S/C15H16N2O5/c1-9(2)13-16-12(22-17-13)8-21-15(19)11-7-5-4-6-10(11)14(18)20-3/h4-7,9H,8H2,1-3H3. The summed E-state index contributed by atoms with van der Waals surface area (Å²) in [6.07, 6.45) is 0. The second kappa shape index (κ2) is 6.84. The van der Waals surface area contributed by atoms with E-state index in [0.717, 1.165) is 0 Å². The number of carbonyl (C=O) groups is 2. The highest BCUT2D eigenvalue weighted by atomic mass is 16.6. The summed E-state index contributed by atoms with van der Waals surface area (Å²) in [5.74, 6) is -0.403. The Morgan fingerprint density at radius 2 is 1.82 bits per heavy atom. The second-order valence-corrected chi connectivity index (χ2v) is 4.81. The van der Waals surface area contributed by atoms with Crippen molar-refractivity contribution in [1.82, 2.24) is 10.1 Å². The lowest BCUT2D eigenvalue weighted by Gasteiger charge is -2.06. The number of hydrogen-bond donors (Lipinski definition) is 0. The van der Waals surface area contributed by atoms with Crippen molar-refractivity contribution in [2.24, 2.45) is 0 Å². The zero-order chi connectivity index (χ0) is 16.1. The SMILES string of the molecule is COC(=O)c1ccccc1C(=O)OCc1nc(C(C)C)no1. The van der Waals surface area contributed by atoms with Crippen LogP contribution in [-0.2, 0) is 16.1 Å². The number of rotatable bonds is 5. The second-order valence-electron chi connectivity index (χ2n) is 4.81. The van der Waals surface area contributed by atoms with Crippen molar-refractivity contribution in [3.8, 4) is 0 Å². The molecule has 0 aliphatic rings. The maximum atomic E-state index is 12.1. The van der Waals surface area contributed by atoms with Crippen molar-refractivity contribution < 1.29 is 23.6 Å². The predicted molar refractivity (Wildman–Crippen MR) is 75.3 cm³/mol. The number of aromatic nitrogens is 2. The lowest BCUT2D eigenvalue weighted by atomic mass is 10.1. The first-order chi connectivity index (χ1) is 10.5. The van der Waals surface area contributed by atoms with Crippen LogP contribution in [0.4, 0.5) is 0 Å². The molecule has 2 aromatic rings. The highest BCUT2D eigenvalue weighted by Crippen LogP contribution is 2.14. The third-order valence-corrected chi connectivity index (χ3v) is 2.88. The Kier molecular flexibility index (Phi) is 4.88. The fourth-order valence-electron chi connectivity index (χ4n) is 1.72. The number of benzene rings is 1. The van der Waals surface area contributed by atoms with E-state index in [1.54, 1.807) is 12.1 Å². The molecular formula is C15H16N2O5. The van der Waals surface area contributed by atoms with E-state index in [2.05, 4.69) is 14.9 Å². The van der Waals surface area contributed by atoms with Gasteiger partial charge >= 0.3 is 11.9 Å². The highest BCUT2D eigenvalue weighted by Gasteiger charge is 2.19. The van der Waals surface area contributed by atoms with Gasteiger partial charge in [-0.25, -0.2) is 9.59 Å². The van der Waals surface area contributed by atoms with E-state index in [0.29, 0.717) is 5.82 Å². The Balaban J connectivity index is 2.07. The van der Waals surface area contributed by atoms with Crippen LogP contribution in [0.5, 0.6) is 0 Å². The van der Waals surface area contributed by atoms with Crippen molar-refractivity contribution in [3.05, 3.63) is 47.1 Å². The molecule has 0 saturated heterocycles. The minimum atomic E-state index is -0.662. The molecule has 0 atom stereocenters. The van der Waals surface area contributed by atoms with Gasteiger partial charge < -0.3 is 14.0 Å². The van der Waals surface area contributed by atoms with Gasteiger partial charge in [0.25, 0.3) is 5.89 Å². The molecule has 7 heteroatoms. The lowest BCUT2D eigenvalue weighted by Crippen LogP contribution is -2.13. The van der Waals surface area contributed by atoms with E-state index >= 15 is 0 Å². The molecule has 1 aromatic heterocycles. The molecule has 0 fully saturated rings. The number of ether oxygens (including phenoxy) is 2. The van der Waals surface area contributed by atoms with Gasteiger partial charge in [-0.1, -0.05) is 31.1 Å². The van der Waals surface area contributed by atoms with Crippen molar-refractivity contribution >= 4 is 11.9 Å². The van der Waals surface area contributed by atoms with Gasteiger partial charge in [0.15, 0.2) is 12.4 Å². The monoisotopic (exact) mass is 304 g/mol. The van der Waals surface area contributed by atoms with Gasteiger partial charge in [-0.05, 0) is 12.1 Å². The van der Waals surface area contributed by atoms with E-state index in [-0.39, 0.29) is 29.5 Å². The topological polar surface area (TPSA) is 91.5 Å². The van der Waals surface area contributed by atoms with E-state index in [9.17, 15) is 9.59 Å². The summed E-state index contributed by atoms with van der Waals surface area (Å²) in [7, 11) is 1.25. The Labute approximate surface area is 127 Å². The van der Waals surface area contributed by atoms with Crippen molar-refractivity contribution in [3.63, 3.8) is 0 Å². The zero-order valence-corrected chi connectivity index (χ0v) is 12.5. The first kappa shape index (κ1) is 15.7. The van der Waals surface area contributed by atoms with Crippen LogP contribution in [0.1, 0.15) is 52.2 Å². The van der Waals surface area contributed by atoms with Crippen molar-refractivity contribution in [2.75, 3.05) is 7.11 Å². The average molecular weight is 304 g/mol. The summed E-state index contributed by atoms with van der Waals surface area (Å²) in [6.45, 7) is 3.69. The first-order valence-corrected chi connectivity index (χ1v) is 6.70. The summed E-state index contributed by atoms with van der Waals surface area (Å²) < 4.78 is 14.7. The molecule has 0 aliphatic heterocycles. The van der Waals surface area contributed by atoms with E-state index in [1.807, 2.05) is 13.8 Å². The van der Waals surface area contributed by atoms with Crippen LogP contribution in [0.15, 0.2) is 28.8 Å². The van der Waals surface area contributed by atoms with Gasteiger partial charge in [0.2, 0.25) is 0 Å².